The third-order valence-electron chi connectivity index (χ3n) is 2.70. The molecule has 0 N–H and O–H groups in total. The van der Waals surface area contributed by atoms with Crippen molar-refractivity contribution in [3.05, 3.63) is 29.8 Å². The largest absolute Gasteiger partial charge is 0.405 e. The molecule has 0 aromatic heterocycles. The van der Waals surface area contributed by atoms with Gasteiger partial charge < -0.3 is 4.90 Å². The van der Waals surface area contributed by atoms with Crippen LogP contribution in [-0.2, 0) is 0 Å². The van der Waals surface area contributed by atoms with Crippen molar-refractivity contribution in [1.29, 1.82) is 0 Å². The molecule has 0 amide bonds. The van der Waals surface area contributed by atoms with Crippen LogP contribution in [0.3, 0.4) is 0 Å². The standard InChI is InChI=1S/C12H12F3NO/c13-12(14,15)8-16(11-5-6-11)10-3-1-9(7-17)2-4-10/h1-4,7,11H,5-6,8H2. The first kappa shape index (κ1) is 12.0. The van der Waals surface area contributed by atoms with Crippen LogP contribution >= 0.6 is 0 Å². The Balaban J connectivity index is 2.17. The highest BCUT2D eigenvalue weighted by atomic mass is 19.4. The summed E-state index contributed by atoms with van der Waals surface area (Å²) in [5.41, 5.74) is 0.993. The Morgan fingerprint density at radius 3 is 2.24 bits per heavy atom. The van der Waals surface area contributed by atoms with Crippen LogP contribution in [0.15, 0.2) is 24.3 Å². The molecule has 0 saturated heterocycles. The summed E-state index contributed by atoms with van der Waals surface area (Å²) >= 11 is 0. The van der Waals surface area contributed by atoms with Gasteiger partial charge in [0.25, 0.3) is 0 Å². The zero-order valence-electron chi connectivity index (χ0n) is 9.07. The minimum atomic E-state index is -4.20. The topological polar surface area (TPSA) is 20.3 Å². The second-order valence-electron chi connectivity index (χ2n) is 4.18. The van der Waals surface area contributed by atoms with E-state index in [1.807, 2.05) is 0 Å². The number of aldehydes is 1. The first-order valence-corrected chi connectivity index (χ1v) is 5.38. The van der Waals surface area contributed by atoms with Gasteiger partial charge in [0.1, 0.15) is 12.8 Å². The van der Waals surface area contributed by atoms with Gasteiger partial charge in [0.15, 0.2) is 0 Å². The van der Waals surface area contributed by atoms with Crippen molar-refractivity contribution in [2.75, 3.05) is 11.4 Å². The Hall–Kier alpha value is -1.52. The number of benzene rings is 1. The van der Waals surface area contributed by atoms with E-state index >= 15 is 0 Å². The maximum Gasteiger partial charge on any atom is 0.405 e. The van der Waals surface area contributed by atoms with Crippen molar-refractivity contribution >= 4 is 12.0 Å². The van der Waals surface area contributed by atoms with Crippen molar-refractivity contribution in [1.82, 2.24) is 0 Å². The minimum absolute atomic E-state index is 0.0151. The van der Waals surface area contributed by atoms with Gasteiger partial charge in [-0.2, -0.15) is 13.2 Å². The maximum absolute atomic E-state index is 12.4. The van der Waals surface area contributed by atoms with Gasteiger partial charge in [-0.15, -0.1) is 0 Å². The molecule has 0 unspecified atom stereocenters. The number of halogens is 3. The minimum Gasteiger partial charge on any atom is -0.360 e. The van der Waals surface area contributed by atoms with Gasteiger partial charge in [0.05, 0.1) is 0 Å². The predicted molar refractivity (Wildman–Crippen MR) is 58.3 cm³/mol. The number of hydrogen-bond acceptors (Lipinski definition) is 2. The Morgan fingerprint density at radius 1 is 1.24 bits per heavy atom. The molecule has 0 heterocycles. The monoisotopic (exact) mass is 243 g/mol. The number of anilines is 1. The summed E-state index contributed by atoms with van der Waals surface area (Å²) in [6, 6.07) is 6.18. The molecule has 1 aromatic rings. The van der Waals surface area contributed by atoms with E-state index in [0.717, 1.165) is 12.8 Å². The Bertz CT molecular complexity index is 395. The zero-order valence-corrected chi connectivity index (χ0v) is 9.07. The Morgan fingerprint density at radius 2 is 1.82 bits per heavy atom. The summed E-state index contributed by atoms with van der Waals surface area (Å²) in [5.74, 6) is 0. The fraction of sp³-hybridized carbons (Fsp3) is 0.417. The van der Waals surface area contributed by atoms with Crippen LogP contribution in [-0.4, -0.2) is 25.0 Å². The van der Waals surface area contributed by atoms with Crippen LogP contribution in [0.2, 0.25) is 0 Å². The number of carbonyl (C=O) groups is 1. The lowest BCUT2D eigenvalue weighted by Crippen LogP contribution is -2.35. The van der Waals surface area contributed by atoms with Crippen LogP contribution in [0.5, 0.6) is 0 Å². The molecular weight excluding hydrogens is 231 g/mol. The number of nitrogens with zero attached hydrogens (tertiary/aromatic N) is 1. The van der Waals surface area contributed by atoms with E-state index < -0.39 is 12.7 Å². The zero-order chi connectivity index (χ0) is 12.5. The van der Waals surface area contributed by atoms with E-state index in [9.17, 15) is 18.0 Å². The highest BCUT2D eigenvalue weighted by Crippen LogP contribution is 2.34. The van der Waals surface area contributed by atoms with Crippen LogP contribution in [0.25, 0.3) is 0 Å². The Labute approximate surface area is 97.0 Å². The molecule has 1 fully saturated rings. The van der Waals surface area contributed by atoms with Crippen molar-refractivity contribution in [2.45, 2.75) is 25.1 Å². The summed E-state index contributed by atoms with van der Waals surface area (Å²) in [6.07, 6.45) is -1.93. The smallest absolute Gasteiger partial charge is 0.360 e. The molecule has 1 aliphatic rings. The molecule has 0 aliphatic heterocycles. The number of alkyl halides is 3. The molecule has 1 saturated carbocycles. The van der Waals surface area contributed by atoms with Gasteiger partial charge in [0.2, 0.25) is 0 Å². The van der Waals surface area contributed by atoms with Crippen LogP contribution < -0.4 is 4.90 Å². The number of carbonyl (C=O) groups excluding carboxylic acids is 1. The van der Waals surface area contributed by atoms with Crippen molar-refractivity contribution < 1.29 is 18.0 Å². The van der Waals surface area contributed by atoms with E-state index in [-0.39, 0.29) is 6.04 Å². The second kappa shape index (κ2) is 4.39. The first-order valence-electron chi connectivity index (χ1n) is 5.38. The summed E-state index contributed by atoms with van der Waals surface area (Å²) in [5, 5.41) is 0. The van der Waals surface area contributed by atoms with Gasteiger partial charge in [-0.05, 0) is 37.1 Å². The van der Waals surface area contributed by atoms with Crippen molar-refractivity contribution in [3.8, 4) is 0 Å². The lowest BCUT2D eigenvalue weighted by Gasteiger charge is -2.25. The Kier molecular flexibility index (Phi) is 3.09. The van der Waals surface area contributed by atoms with Crippen molar-refractivity contribution in [3.63, 3.8) is 0 Å². The molecule has 17 heavy (non-hydrogen) atoms. The molecule has 0 spiro atoms. The van der Waals surface area contributed by atoms with E-state index in [4.69, 9.17) is 0 Å². The molecule has 2 rings (SSSR count). The second-order valence-corrected chi connectivity index (χ2v) is 4.18. The average molecular weight is 243 g/mol. The van der Waals surface area contributed by atoms with E-state index in [1.165, 1.54) is 17.0 Å². The normalized spacial score (nSPS) is 15.7. The first-order chi connectivity index (χ1) is 7.99. The number of rotatable bonds is 4. The fourth-order valence-corrected chi connectivity index (χ4v) is 1.75. The van der Waals surface area contributed by atoms with Gasteiger partial charge in [-0.3, -0.25) is 4.79 Å². The SMILES string of the molecule is O=Cc1ccc(N(CC(F)(F)F)C2CC2)cc1. The molecule has 0 atom stereocenters. The molecule has 2 nitrogen and oxygen atoms in total. The summed E-state index contributed by atoms with van der Waals surface area (Å²) in [7, 11) is 0. The summed E-state index contributed by atoms with van der Waals surface area (Å²) in [6.45, 7) is -0.932. The van der Waals surface area contributed by atoms with Gasteiger partial charge in [0, 0.05) is 17.3 Å². The van der Waals surface area contributed by atoms with Gasteiger partial charge in [-0.1, -0.05) is 0 Å². The maximum atomic E-state index is 12.4. The van der Waals surface area contributed by atoms with E-state index in [1.54, 1.807) is 12.1 Å². The highest BCUT2D eigenvalue weighted by molar-refractivity contribution is 5.75. The third kappa shape index (κ3) is 3.22. The van der Waals surface area contributed by atoms with E-state index in [2.05, 4.69) is 0 Å². The number of hydrogen-bond donors (Lipinski definition) is 0. The van der Waals surface area contributed by atoms with Crippen LogP contribution in [0, 0.1) is 0 Å². The molecule has 1 aromatic carbocycles. The van der Waals surface area contributed by atoms with E-state index in [0.29, 0.717) is 17.5 Å². The molecule has 0 radical (unpaired) electrons. The fourth-order valence-electron chi connectivity index (χ4n) is 1.75. The molecule has 1 aliphatic carbocycles. The molecule has 0 bridgehead atoms. The van der Waals surface area contributed by atoms with Crippen LogP contribution in [0.4, 0.5) is 18.9 Å². The lowest BCUT2D eigenvalue weighted by molar-refractivity contribution is -0.120. The van der Waals surface area contributed by atoms with Crippen molar-refractivity contribution in [2.24, 2.45) is 0 Å². The summed E-state index contributed by atoms with van der Waals surface area (Å²) in [4.78, 5) is 11.8. The molecule has 92 valence electrons. The molecular formula is C12H12F3NO. The van der Waals surface area contributed by atoms with Gasteiger partial charge >= 0.3 is 6.18 Å². The lowest BCUT2D eigenvalue weighted by atomic mass is 10.2. The van der Waals surface area contributed by atoms with Crippen LogP contribution in [0.1, 0.15) is 23.2 Å². The van der Waals surface area contributed by atoms with Gasteiger partial charge in [-0.25, -0.2) is 0 Å². The quantitative estimate of drug-likeness (QED) is 0.757. The highest BCUT2D eigenvalue weighted by Gasteiger charge is 2.38. The third-order valence-corrected chi connectivity index (χ3v) is 2.70. The average Bonchev–Trinajstić information content (AvgIpc) is 3.09. The molecule has 5 heteroatoms. The summed E-state index contributed by atoms with van der Waals surface area (Å²) < 4.78 is 37.3. The predicted octanol–water partition coefficient (Wildman–Crippen LogP) is 3.03.